The third kappa shape index (κ3) is 9.87. The number of amides is 4. The number of fused-ring (bicyclic) bond motifs is 1. The Bertz CT molecular complexity index is 2880. The first kappa shape index (κ1) is 48.0. The van der Waals surface area contributed by atoms with Crippen molar-refractivity contribution in [1.82, 2.24) is 55.4 Å². The Balaban J connectivity index is 0.767. The van der Waals surface area contributed by atoms with Crippen LogP contribution in [0.4, 0.5) is 11.8 Å². The molecule has 0 radical (unpaired) electrons. The van der Waals surface area contributed by atoms with Gasteiger partial charge >= 0.3 is 0 Å². The van der Waals surface area contributed by atoms with Crippen LogP contribution in [0.3, 0.4) is 0 Å². The van der Waals surface area contributed by atoms with E-state index in [1.54, 1.807) is 46.8 Å². The number of β-amino-alcohol motifs (C(OH)–C–C–N with tert-alkyl or cyclic N) is 1. The molecule has 6 N–H and O–H groups in total. The second kappa shape index (κ2) is 19.7. The van der Waals surface area contributed by atoms with Crippen LogP contribution >= 0.6 is 11.3 Å². The lowest BCUT2D eigenvalue weighted by Gasteiger charge is -2.37. The summed E-state index contributed by atoms with van der Waals surface area (Å²) in [5, 5.41) is 40.4. The smallest absolute Gasteiger partial charge is 0.256 e. The molecule has 20 heteroatoms. The van der Waals surface area contributed by atoms with Crippen molar-refractivity contribution in [1.29, 1.82) is 0 Å². The summed E-state index contributed by atoms with van der Waals surface area (Å²) in [6.45, 7) is 11.3. The fraction of sp³-hybridized carbons (Fsp3) is 0.440. The zero-order valence-corrected chi connectivity index (χ0v) is 40.8. The highest BCUT2D eigenvalue weighted by Gasteiger charge is 2.45. The van der Waals surface area contributed by atoms with Crippen LogP contribution in [-0.4, -0.2) is 129 Å². The molecule has 0 spiro atoms. The van der Waals surface area contributed by atoms with Crippen LogP contribution < -0.4 is 21.3 Å². The molecule has 4 amide bonds. The number of carbonyl (C=O) groups excluding carboxylic acids is 4. The number of nitrogens with two attached hydrogens (primary N) is 1. The van der Waals surface area contributed by atoms with Gasteiger partial charge in [-0.15, -0.1) is 21.5 Å². The van der Waals surface area contributed by atoms with Crippen molar-refractivity contribution in [2.75, 3.05) is 43.4 Å². The zero-order chi connectivity index (χ0) is 49.4. The Kier molecular flexibility index (Phi) is 13.5. The highest BCUT2D eigenvalue weighted by atomic mass is 32.1. The molecule has 1 unspecified atom stereocenters. The van der Waals surface area contributed by atoms with Crippen LogP contribution in [0, 0.1) is 18.3 Å². The molecule has 3 fully saturated rings. The number of phenolic OH excluding ortho intramolecular Hbond substituents is 1. The molecule has 3 aliphatic heterocycles. The third-order valence-corrected chi connectivity index (χ3v) is 14.8. The summed E-state index contributed by atoms with van der Waals surface area (Å²) in [4.78, 5) is 75.4. The lowest BCUT2D eigenvalue weighted by Crippen LogP contribution is -2.59. The first-order chi connectivity index (χ1) is 33.5. The molecule has 4 aromatic heterocycles. The number of carbonyl (C=O) groups is 4. The van der Waals surface area contributed by atoms with Gasteiger partial charge in [0.1, 0.15) is 17.8 Å². The molecule has 4 atom stereocenters. The van der Waals surface area contributed by atoms with Crippen molar-refractivity contribution >= 4 is 57.8 Å². The minimum Gasteiger partial charge on any atom is -0.507 e. The molecule has 2 aromatic carbocycles. The summed E-state index contributed by atoms with van der Waals surface area (Å²) < 4.78 is 1.89. The fourth-order valence-corrected chi connectivity index (χ4v) is 10.6. The number of rotatable bonds is 11. The molecule has 7 heterocycles. The first-order valence-electron chi connectivity index (χ1n) is 23.8. The maximum Gasteiger partial charge on any atom is 0.256 e. The van der Waals surface area contributed by atoms with Gasteiger partial charge in [0.2, 0.25) is 23.7 Å². The van der Waals surface area contributed by atoms with Crippen molar-refractivity contribution in [3.8, 4) is 27.4 Å². The Morgan fingerprint density at radius 1 is 0.886 bits per heavy atom. The van der Waals surface area contributed by atoms with E-state index in [-0.39, 0.29) is 54.3 Å². The summed E-state index contributed by atoms with van der Waals surface area (Å²) in [5.41, 5.74) is 12.9. The van der Waals surface area contributed by atoms with Crippen molar-refractivity contribution in [3.63, 3.8) is 0 Å². The summed E-state index contributed by atoms with van der Waals surface area (Å²) in [6.07, 6.45) is 4.52. The quantitative estimate of drug-likeness (QED) is 0.114. The van der Waals surface area contributed by atoms with Crippen LogP contribution in [0.25, 0.3) is 32.7 Å². The number of aliphatic hydroxyl groups is 1. The van der Waals surface area contributed by atoms with Crippen molar-refractivity contribution < 1.29 is 29.4 Å². The van der Waals surface area contributed by atoms with Crippen LogP contribution in [-0.2, 0) is 14.4 Å². The Morgan fingerprint density at radius 3 is 2.24 bits per heavy atom. The average molecular weight is 970 g/mol. The number of anilines is 2. The maximum atomic E-state index is 14.3. The summed E-state index contributed by atoms with van der Waals surface area (Å²) >= 11 is 1.57. The predicted octanol–water partition coefficient (Wildman–Crippen LogP) is 5.07. The van der Waals surface area contributed by atoms with Gasteiger partial charge in [0.25, 0.3) is 5.91 Å². The van der Waals surface area contributed by atoms with E-state index in [1.807, 2.05) is 81.2 Å². The first-order valence-corrected chi connectivity index (χ1v) is 24.7. The molecule has 0 bridgehead atoms. The summed E-state index contributed by atoms with van der Waals surface area (Å²) in [6, 6.07) is 14.5. The van der Waals surface area contributed by atoms with Gasteiger partial charge in [0.15, 0.2) is 11.3 Å². The van der Waals surface area contributed by atoms with Gasteiger partial charge in [0.05, 0.1) is 51.0 Å². The second-order valence-electron chi connectivity index (χ2n) is 19.7. The molecule has 70 heavy (non-hydrogen) atoms. The van der Waals surface area contributed by atoms with Crippen molar-refractivity contribution in [2.24, 2.45) is 11.3 Å². The van der Waals surface area contributed by atoms with Gasteiger partial charge < -0.3 is 41.3 Å². The van der Waals surface area contributed by atoms with E-state index < -0.39 is 35.4 Å². The van der Waals surface area contributed by atoms with Crippen LogP contribution in [0.5, 0.6) is 5.75 Å². The number of piperidine rings is 2. The van der Waals surface area contributed by atoms with E-state index in [1.165, 1.54) is 4.90 Å². The number of para-hydroxylation sites is 1. The van der Waals surface area contributed by atoms with E-state index in [0.717, 1.165) is 40.1 Å². The summed E-state index contributed by atoms with van der Waals surface area (Å²) in [7, 11) is 0. The monoisotopic (exact) mass is 969 g/mol. The number of nitrogens with one attached hydrogen (secondary N) is 2. The molecule has 3 saturated heterocycles. The number of phenols is 1. The zero-order valence-electron chi connectivity index (χ0n) is 39.9. The van der Waals surface area contributed by atoms with E-state index in [4.69, 9.17) is 5.73 Å². The standard InChI is InChI=1S/C50H59N13O6S/c1-28(30-10-12-31(13-11-30)42-29(2)54-27-70-42)55-46(67)39-22-35(64)26-62(39)48(69)43(50(3,4)5)56-45(66)32-14-18-60(19-15-32)47(68)33-24-52-49(53-25-33)61-20-16-34(17-21-61)63-38-23-37(36-8-6-7-9-40(36)65)57-58-41(38)44(51)59-63/h6-13,23-25,27-28,32,34-35,39,43,64-65H,14-22,26H2,1-5H3,(H2,51,59)(H,55,67)(H,56,66)/t28-,35+,39-,43?/m0/s1. The average Bonchev–Trinajstić information content (AvgIpc) is 4.08. The van der Waals surface area contributed by atoms with Gasteiger partial charge in [-0.2, -0.15) is 5.10 Å². The lowest BCUT2D eigenvalue weighted by molar-refractivity contribution is -0.144. The normalized spacial score (nSPS) is 19.0. The Hall–Kier alpha value is -7.06. The van der Waals surface area contributed by atoms with Gasteiger partial charge in [-0.1, -0.05) is 57.2 Å². The maximum absolute atomic E-state index is 14.3. The van der Waals surface area contributed by atoms with Crippen molar-refractivity contribution in [3.05, 3.63) is 89.3 Å². The van der Waals surface area contributed by atoms with E-state index in [9.17, 15) is 29.4 Å². The molecule has 6 aromatic rings. The number of hydrogen-bond acceptors (Lipinski definition) is 15. The molecular weight excluding hydrogens is 911 g/mol. The number of aliphatic hydroxyl groups excluding tert-OH is 1. The topological polar surface area (TPSA) is 251 Å². The Labute approximate surface area is 409 Å². The van der Waals surface area contributed by atoms with Gasteiger partial charge in [-0.25, -0.2) is 15.0 Å². The number of aromatic hydroxyl groups is 1. The largest absolute Gasteiger partial charge is 0.507 e. The number of hydrogen-bond donors (Lipinski definition) is 5. The second-order valence-corrected chi connectivity index (χ2v) is 20.5. The Morgan fingerprint density at radius 2 is 1.59 bits per heavy atom. The number of nitrogens with zero attached hydrogens (tertiary/aromatic N) is 10. The minimum absolute atomic E-state index is 0.0252. The molecule has 0 saturated carbocycles. The number of nitrogen functional groups attached to an aromatic ring is 1. The lowest BCUT2D eigenvalue weighted by atomic mass is 9.84. The molecule has 366 valence electrons. The molecule has 19 nitrogen and oxygen atoms in total. The SMILES string of the molecule is Cc1ncsc1-c1ccc([C@H](C)NC(=O)[C@@H]2C[C@@H](O)CN2C(=O)C(NC(=O)C2CCN(C(=O)c3cnc(N4CCC(n5nc(N)c6nnc(-c7ccccc7O)cc65)CC4)nc3)CC2)C(C)(C)C)cc1. The fourth-order valence-electron chi connectivity index (χ4n) is 9.76. The van der Waals surface area contributed by atoms with Crippen molar-refractivity contribution in [2.45, 2.75) is 97.0 Å². The number of aryl methyl sites for hydroxylation is 1. The molecule has 0 aliphatic carbocycles. The highest BCUT2D eigenvalue weighted by Crippen LogP contribution is 2.34. The predicted molar refractivity (Wildman–Crippen MR) is 264 cm³/mol. The van der Waals surface area contributed by atoms with Crippen LogP contribution in [0.1, 0.15) is 93.5 Å². The van der Waals surface area contributed by atoms with Gasteiger partial charge in [-0.05, 0) is 74.3 Å². The minimum atomic E-state index is -0.967. The highest BCUT2D eigenvalue weighted by molar-refractivity contribution is 7.13. The van der Waals surface area contributed by atoms with Gasteiger partial charge in [0, 0.05) is 63.0 Å². The number of thiazole rings is 1. The number of likely N-dealkylation sites (tertiary alicyclic amines) is 2. The number of benzene rings is 2. The molecular formula is C50H59N13O6S. The van der Waals surface area contributed by atoms with Crippen LogP contribution in [0.15, 0.2) is 72.5 Å². The number of aromatic nitrogens is 7. The molecule has 3 aliphatic rings. The summed E-state index contributed by atoms with van der Waals surface area (Å²) in [5.74, 6) is -0.858. The van der Waals surface area contributed by atoms with E-state index in [2.05, 4.69) is 45.8 Å². The van der Waals surface area contributed by atoms with Gasteiger partial charge in [-0.3, -0.25) is 23.9 Å². The molecule has 9 rings (SSSR count). The van der Waals surface area contributed by atoms with E-state index >= 15 is 0 Å². The van der Waals surface area contributed by atoms with Crippen LogP contribution in [0.2, 0.25) is 0 Å². The third-order valence-electron chi connectivity index (χ3n) is 13.8. The van der Waals surface area contributed by atoms with E-state index in [0.29, 0.717) is 67.3 Å².